The van der Waals surface area contributed by atoms with E-state index in [-0.39, 0.29) is 0 Å². The largest absolute Gasteiger partial charge is 0.314 e. The van der Waals surface area contributed by atoms with Crippen molar-refractivity contribution in [3.63, 3.8) is 0 Å². The fourth-order valence-corrected chi connectivity index (χ4v) is 2.12. The summed E-state index contributed by atoms with van der Waals surface area (Å²) >= 11 is 0. The number of pyridine rings is 1. The Labute approximate surface area is 106 Å². The van der Waals surface area contributed by atoms with Crippen LogP contribution in [0.15, 0.2) is 18.3 Å². The first kappa shape index (κ1) is 14.2. The molecule has 0 bridgehead atoms. The molecule has 0 aliphatic heterocycles. The van der Waals surface area contributed by atoms with E-state index in [1.165, 1.54) is 24.1 Å². The molecule has 1 unspecified atom stereocenters. The Morgan fingerprint density at radius 3 is 2.71 bits per heavy atom. The topological polar surface area (TPSA) is 24.9 Å². The summed E-state index contributed by atoms with van der Waals surface area (Å²) in [6.45, 7) is 10.0. The zero-order chi connectivity index (χ0) is 12.7. The first-order valence-electron chi connectivity index (χ1n) is 6.77. The number of rotatable bonds is 7. The van der Waals surface area contributed by atoms with Crippen LogP contribution >= 0.6 is 0 Å². The molecule has 0 fully saturated rings. The quantitative estimate of drug-likeness (QED) is 0.782. The maximum atomic E-state index is 4.49. The molecular formula is C15H26N2. The predicted molar refractivity (Wildman–Crippen MR) is 74.2 cm³/mol. The molecule has 96 valence electrons. The lowest BCUT2D eigenvalue weighted by atomic mass is 9.98. The van der Waals surface area contributed by atoms with Crippen LogP contribution in [-0.4, -0.2) is 17.6 Å². The van der Waals surface area contributed by atoms with Gasteiger partial charge in [-0.05, 0) is 43.9 Å². The highest BCUT2D eigenvalue weighted by Crippen LogP contribution is 2.12. The van der Waals surface area contributed by atoms with E-state index in [9.17, 15) is 0 Å². The number of aryl methyl sites for hydroxylation is 1. The van der Waals surface area contributed by atoms with Gasteiger partial charge < -0.3 is 5.32 Å². The number of hydrogen-bond donors (Lipinski definition) is 1. The van der Waals surface area contributed by atoms with Gasteiger partial charge in [0.25, 0.3) is 0 Å². The van der Waals surface area contributed by atoms with Crippen LogP contribution in [0.2, 0.25) is 0 Å². The molecule has 1 aromatic heterocycles. The number of nitrogens with zero attached hydrogens (tertiary/aromatic N) is 1. The smallest absolute Gasteiger partial charge is 0.0448 e. The van der Waals surface area contributed by atoms with Crippen LogP contribution in [0.3, 0.4) is 0 Å². The molecule has 0 spiro atoms. The van der Waals surface area contributed by atoms with Gasteiger partial charge in [0.15, 0.2) is 0 Å². The molecule has 0 aliphatic rings. The van der Waals surface area contributed by atoms with Crippen molar-refractivity contribution in [1.82, 2.24) is 10.3 Å². The molecular weight excluding hydrogens is 208 g/mol. The van der Waals surface area contributed by atoms with Gasteiger partial charge in [-0.3, -0.25) is 4.98 Å². The maximum Gasteiger partial charge on any atom is 0.0448 e. The number of nitrogens with one attached hydrogen (secondary N) is 1. The van der Waals surface area contributed by atoms with Gasteiger partial charge in [-0.15, -0.1) is 0 Å². The fraction of sp³-hybridized carbons (Fsp3) is 0.667. The van der Waals surface area contributed by atoms with Crippen LogP contribution < -0.4 is 5.32 Å². The van der Waals surface area contributed by atoms with Crippen molar-refractivity contribution in [2.75, 3.05) is 6.54 Å². The minimum Gasteiger partial charge on any atom is -0.314 e. The van der Waals surface area contributed by atoms with Gasteiger partial charge in [0, 0.05) is 24.4 Å². The minimum atomic E-state index is 0.559. The van der Waals surface area contributed by atoms with Crippen LogP contribution in [0.1, 0.15) is 44.9 Å². The van der Waals surface area contributed by atoms with E-state index in [1.807, 2.05) is 12.3 Å². The molecule has 1 heterocycles. The SMILES string of the molecule is CCCNC(Cc1ncccc1C)CC(C)C. The van der Waals surface area contributed by atoms with Crippen molar-refractivity contribution in [2.24, 2.45) is 5.92 Å². The molecule has 0 aromatic carbocycles. The standard InChI is InChI=1S/C15H26N2/c1-5-8-16-14(10-12(2)3)11-15-13(4)7-6-9-17-15/h6-7,9,12,14,16H,5,8,10-11H2,1-4H3. The van der Waals surface area contributed by atoms with Crippen LogP contribution in [0.25, 0.3) is 0 Å². The Morgan fingerprint density at radius 2 is 2.12 bits per heavy atom. The molecule has 0 amide bonds. The zero-order valence-electron chi connectivity index (χ0n) is 11.7. The molecule has 2 nitrogen and oxygen atoms in total. The van der Waals surface area contributed by atoms with E-state index in [1.54, 1.807) is 0 Å². The van der Waals surface area contributed by atoms with E-state index >= 15 is 0 Å². The molecule has 1 N–H and O–H groups in total. The van der Waals surface area contributed by atoms with Crippen molar-refractivity contribution in [3.05, 3.63) is 29.6 Å². The molecule has 17 heavy (non-hydrogen) atoms. The Bertz CT molecular complexity index is 320. The molecule has 0 saturated heterocycles. The lowest BCUT2D eigenvalue weighted by Gasteiger charge is -2.20. The minimum absolute atomic E-state index is 0.559. The van der Waals surface area contributed by atoms with Gasteiger partial charge in [0.1, 0.15) is 0 Å². The second kappa shape index (κ2) is 7.44. The van der Waals surface area contributed by atoms with E-state index in [0.29, 0.717) is 6.04 Å². The summed E-state index contributed by atoms with van der Waals surface area (Å²) in [5.74, 6) is 0.730. The fourth-order valence-electron chi connectivity index (χ4n) is 2.12. The normalized spacial score (nSPS) is 13.0. The van der Waals surface area contributed by atoms with Crippen molar-refractivity contribution in [1.29, 1.82) is 0 Å². The van der Waals surface area contributed by atoms with Gasteiger partial charge in [0.2, 0.25) is 0 Å². The molecule has 0 saturated carbocycles. The first-order chi connectivity index (χ1) is 8.13. The van der Waals surface area contributed by atoms with Crippen molar-refractivity contribution in [2.45, 2.75) is 53.0 Å². The number of aromatic nitrogens is 1. The Kier molecular flexibility index (Phi) is 6.20. The van der Waals surface area contributed by atoms with Gasteiger partial charge >= 0.3 is 0 Å². The third-order valence-electron chi connectivity index (χ3n) is 3.00. The summed E-state index contributed by atoms with van der Waals surface area (Å²) in [4.78, 5) is 4.49. The third kappa shape index (κ3) is 5.31. The van der Waals surface area contributed by atoms with Crippen LogP contribution in [0, 0.1) is 12.8 Å². The summed E-state index contributed by atoms with van der Waals surface area (Å²) < 4.78 is 0. The zero-order valence-corrected chi connectivity index (χ0v) is 11.7. The van der Waals surface area contributed by atoms with E-state index < -0.39 is 0 Å². The average Bonchev–Trinajstić information content (AvgIpc) is 2.28. The monoisotopic (exact) mass is 234 g/mol. The second-order valence-corrected chi connectivity index (χ2v) is 5.25. The van der Waals surface area contributed by atoms with Crippen LogP contribution in [0.5, 0.6) is 0 Å². The summed E-state index contributed by atoms with van der Waals surface area (Å²) in [5, 5.41) is 3.64. The predicted octanol–water partition coefficient (Wildman–Crippen LogP) is 3.35. The summed E-state index contributed by atoms with van der Waals surface area (Å²) in [6, 6.07) is 4.72. The lowest BCUT2D eigenvalue weighted by molar-refractivity contribution is 0.413. The van der Waals surface area contributed by atoms with Crippen LogP contribution in [-0.2, 0) is 6.42 Å². The average molecular weight is 234 g/mol. The van der Waals surface area contributed by atoms with Crippen molar-refractivity contribution < 1.29 is 0 Å². The summed E-state index contributed by atoms with van der Waals surface area (Å²) in [7, 11) is 0. The van der Waals surface area contributed by atoms with E-state index in [0.717, 1.165) is 18.9 Å². The van der Waals surface area contributed by atoms with Gasteiger partial charge in [-0.25, -0.2) is 0 Å². The van der Waals surface area contributed by atoms with Gasteiger partial charge in [-0.1, -0.05) is 26.8 Å². The lowest BCUT2D eigenvalue weighted by Crippen LogP contribution is -2.33. The molecule has 1 atom stereocenters. The van der Waals surface area contributed by atoms with Gasteiger partial charge in [0.05, 0.1) is 0 Å². The van der Waals surface area contributed by atoms with Gasteiger partial charge in [-0.2, -0.15) is 0 Å². The van der Waals surface area contributed by atoms with Crippen LogP contribution in [0.4, 0.5) is 0 Å². The first-order valence-corrected chi connectivity index (χ1v) is 6.77. The van der Waals surface area contributed by atoms with E-state index in [4.69, 9.17) is 0 Å². The third-order valence-corrected chi connectivity index (χ3v) is 3.00. The van der Waals surface area contributed by atoms with E-state index in [2.05, 4.69) is 44.1 Å². The second-order valence-electron chi connectivity index (χ2n) is 5.25. The van der Waals surface area contributed by atoms with Crippen molar-refractivity contribution >= 4 is 0 Å². The molecule has 1 rings (SSSR count). The summed E-state index contributed by atoms with van der Waals surface area (Å²) in [6.07, 6.45) is 5.35. The number of hydrogen-bond acceptors (Lipinski definition) is 2. The Balaban J connectivity index is 2.61. The molecule has 0 aliphatic carbocycles. The highest BCUT2D eigenvalue weighted by molar-refractivity contribution is 5.18. The molecule has 0 radical (unpaired) electrons. The summed E-state index contributed by atoms with van der Waals surface area (Å²) in [5.41, 5.74) is 2.54. The maximum absolute atomic E-state index is 4.49. The Morgan fingerprint density at radius 1 is 1.35 bits per heavy atom. The molecule has 1 aromatic rings. The van der Waals surface area contributed by atoms with Crippen molar-refractivity contribution in [3.8, 4) is 0 Å². The highest BCUT2D eigenvalue weighted by Gasteiger charge is 2.12. The highest BCUT2D eigenvalue weighted by atomic mass is 14.9. The Hall–Kier alpha value is -0.890. The molecule has 2 heteroatoms.